The molecule has 0 aliphatic heterocycles. The Balaban J connectivity index is 1.67. The molecule has 0 aromatic carbocycles. The van der Waals surface area contributed by atoms with Crippen molar-refractivity contribution in [2.24, 2.45) is 16.7 Å². The van der Waals surface area contributed by atoms with Crippen LogP contribution >= 0.6 is 0 Å². The average Bonchev–Trinajstić information content (AvgIpc) is 2.18. The van der Waals surface area contributed by atoms with Gasteiger partial charge in [-0.3, -0.25) is 4.79 Å². The second-order valence-corrected chi connectivity index (χ2v) is 10.1. The van der Waals surface area contributed by atoms with Crippen molar-refractivity contribution in [3.63, 3.8) is 0 Å². The van der Waals surface area contributed by atoms with Gasteiger partial charge in [0.1, 0.15) is 0 Å². The van der Waals surface area contributed by atoms with Crippen LogP contribution in [0.5, 0.6) is 0 Å². The van der Waals surface area contributed by atoms with E-state index < -0.39 is 0 Å². The molecular formula is C18H32N2O. The molecular weight excluding hydrogens is 260 g/mol. The molecule has 0 saturated heterocycles. The van der Waals surface area contributed by atoms with Crippen molar-refractivity contribution in [1.29, 1.82) is 0 Å². The van der Waals surface area contributed by atoms with Crippen molar-refractivity contribution >= 4 is 5.91 Å². The van der Waals surface area contributed by atoms with Gasteiger partial charge in [0.2, 0.25) is 5.91 Å². The third kappa shape index (κ3) is 3.13. The lowest BCUT2D eigenvalue weighted by atomic mass is 9.43. The van der Waals surface area contributed by atoms with Gasteiger partial charge in [0.15, 0.2) is 0 Å². The summed E-state index contributed by atoms with van der Waals surface area (Å²) in [4.78, 5) is 12.1. The van der Waals surface area contributed by atoms with Crippen LogP contribution in [0.4, 0.5) is 0 Å². The molecule has 0 aromatic heterocycles. The molecule has 4 rings (SSSR count). The van der Waals surface area contributed by atoms with Crippen molar-refractivity contribution in [2.45, 2.75) is 84.2 Å². The molecule has 3 heteroatoms. The maximum absolute atomic E-state index is 12.1. The van der Waals surface area contributed by atoms with Crippen LogP contribution in [0, 0.1) is 16.7 Å². The fourth-order valence-electron chi connectivity index (χ4n) is 6.38. The Kier molecular flexibility index (Phi) is 3.26. The molecule has 1 amide bonds. The summed E-state index contributed by atoms with van der Waals surface area (Å²) in [5.74, 6) is 1.00. The van der Waals surface area contributed by atoms with Gasteiger partial charge in [0.05, 0.1) is 6.54 Å². The molecule has 0 aromatic rings. The first-order valence-electron chi connectivity index (χ1n) is 8.57. The van der Waals surface area contributed by atoms with Crippen LogP contribution in [0.15, 0.2) is 0 Å². The molecule has 0 spiro atoms. The van der Waals surface area contributed by atoms with Crippen LogP contribution in [0.1, 0.15) is 73.1 Å². The molecule has 0 heterocycles. The molecule has 2 unspecified atom stereocenters. The van der Waals surface area contributed by atoms with Gasteiger partial charge in [0.25, 0.3) is 0 Å². The van der Waals surface area contributed by atoms with Crippen molar-refractivity contribution < 1.29 is 4.79 Å². The minimum atomic E-state index is -0.141. The van der Waals surface area contributed by atoms with Gasteiger partial charge in [-0.25, -0.2) is 0 Å². The highest BCUT2D eigenvalue weighted by Crippen LogP contribution is 2.66. The van der Waals surface area contributed by atoms with E-state index in [9.17, 15) is 4.79 Å². The molecule has 120 valence electrons. The molecule has 4 saturated carbocycles. The van der Waals surface area contributed by atoms with Crippen LogP contribution in [0.2, 0.25) is 0 Å². The van der Waals surface area contributed by atoms with Gasteiger partial charge in [-0.05, 0) is 76.0 Å². The monoisotopic (exact) mass is 292 g/mol. The standard InChI is InChI=1S/C18H32N2O/c1-15(2,3)20-14(21)9-19-18-8-13-6-16(4,11-18)10-17(5,7-13)12-18/h13,19H,6-12H2,1-5H3,(H,20,21). The average molecular weight is 292 g/mol. The van der Waals surface area contributed by atoms with Gasteiger partial charge in [-0.2, -0.15) is 0 Å². The van der Waals surface area contributed by atoms with Crippen LogP contribution < -0.4 is 10.6 Å². The predicted molar refractivity (Wildman–Crippen MR) is 86.0 cm³/mol. The van der Waals surface area contributed by atoms with Crippen LogP contribution in [0.25, 0.3) is 0 Å². The van der Waals surface area contributed by atoms with Crippen LogP contribution in [-0.4, -0.2) is 23.5 Å². The summed E-state index contributed by atoms with van der Waals surface area (Å²) in [6, 6.07) is 0. The van der Waals surface area contributed by atoms with E-state index in [0.29, 0.717) is 17.4 Å². The van der Waals surface area contributed by atoms with Gasteiger partial charge in [-0.15, -0.1) is 0 Å². The summed E-state index contributed by atoms with van der Waals surface area (Å²) >= 11 is 0. The van der Waals surface area contributed by atoms with E-state index in [2.05, 4.69) is 24.5 Å². The third-order valence-corrected chi connectivity index (χ3v) is 5.76. The molecule has 2 N–H and O–H groups in total. The first-order valence-corrected chi connectivity index (χ1v) is 8.57. The number of amides is 1. The summed E-state index contributed by atoms with van der Waals surface area (Å²) in [5, 5.41) is 6.76. The lowest BCUT2D eigenvalue weighted by Crippen LogP contribution is -2.65. The van der Waals surface area contributed by atoms with Crippen LogP contribution in [-0.2, 0) is 4.79 Å². The molecule has 4 bridgehead atoms. The smallest absolute Gasteiger partial charge is 0.234 e. The minimum Gasteiger partial charge on any atom is -0.350 e. The molecule has 0 radical (unpaired) electrons. The van der Waals surface area contributed by atoms with Crippen molar-refractivity contribution in [3.05, 3.63) is 0 Å². The normalized spacial score (nSPS) is 44.9. The zero-order valence-electron chi connectivity index (χ0n) is 14.4. The van der Waals surface area contributed by atoms with E-state index in [1.54, 1.807) is 0 Å². The first kappa shape index (κ1) is 15.3. The second kappa shape index (κ2) is 4.47. The summed E-state index contributed by atoms with van der Waals surface area (Å²) in [6.07, 6.45) is 7.99. The van der Waals surface area contributed by atoms with Crippen molar-refractivity contribution in [1.82, 2.24) is 10.6 Å². The van der Waals surface area contributed by atoms with Gasteiger partial charge in [-0.1, -0.05) is 13.8 Å². The fraction of sp³-hybridized carbons (Fsp3) is 0.944. The van der Waals surface area contributed by atoms with Crippen LogP contribution in [0.3, 0.4) is 0 Å². The van der Waals surface area contributed by atoms with Gasteiger partial charge >= 0.3 is 0 Å². The Bertz CT molecular complexity index is 433. The highest BCUT2D eigenvalue weighted by Gasteiger charge is 2.59. The Morgan fingerprint density at radius 3 is 2.10 bits per heavy atom. The minimum absolute atomic E-state index is 0.133. The topological polar surface area (TPSA) is 41.1 Å². The maximum atomic E-state index is 12.1. The van der Waals surface area contributed by atoms with Crippen molar-refractivity contribution in [2.75, 3.05) is 6.54 Å². The molecule has 3 nitrogen and oxygen atoms in total. The third-order valence-electron chi connectivity index (χ3n) is 5.76. The first-order chi connectivity index (χ1) is 9.51. The number of carbonyl (C=O) groups is 1. The quantitative estimate of drug-likeness (QED) is 0.838. The summed E-state index contributed by atoms with van der Waals surface area (Å²) in [6.45, 7) is 11.5. The molecule has 2 atom stereocenters. The van der Waals surface area contributed by atoms with E-state index in [-0.39, 0.29) is 17.0 Å². The predicted octanol–water partition coefficient (Wildman–Crippen LogP) is 3.24. The van der Waals surface area contributed by atoms with E-state index in [1.165, 1.54) is 38.5 Å². The molecule has 4 fully saturated rings. The van der Waals surface area contributed by atoms with E-state index in [0.717, 1.165) is 5.92 Å². The zero-order chi connectivity index (χ0) is 15.5. The Morgan fingerprint density at radius 1 is 1.05 bits per heavy atom. The lowest BCUT2D eigenvalue weighted by molar-refractivity contribution is -0.129. The van der Waals surface area contributed by atoms with Crippen molar-refractivity contribution in [3.8, 4) is 0 Å². The largest absolute Gasteiger partial charge is 0.350 e. The second-order valence-electron chi connectivity index (χ2n) is 10.1. The maximum Gasteiger partial charge on any atom is 0.234 e. The number of carbonyl (C=O) groups excluding carboxylic acids is 1. The Labute approximate surface area is 129 Å². The molecule has 4 aliphatic rings. The number of nitrogens with one attached hydrogen (secondary N) is 2. The van der Waals surface area contributed by atoms with E-state index in [4.69, 9.17) is 0 Å². The molecule has 4 aliphatic carbocycles. The summed E-state index contributed by atoms with van der Waals surface area (Å²) in [5.41, 5.74) is 1.08. The van der Waals surface area contributed by atoms with Gasteiger partial charge < -0.3 is 10.6 Å². The SMILES string of the molecule is CC12CC3CC(C)(C1)CC(NCC(=O)NC(C)(C)C)(C3)C2. The number of hydrogen-bond acceptors (Lipinski definition) is 2. The Morgan fingerprint density at radius 2 is 1.62 bits per heavy atom. The highest BCUT2D eigenvalue weighted by atomic mass is 16.2. The summed E-state index contributed by atoms with van der Waals surface area (Å²) in [7, 11) is 0. The van der Waals surface area contributed by atoms with Gasteiger partial charge in [0, 0.05) is 11.1 Å². The summed E-state index contributed by atoms with van der Waals surface area (Å²) < 4.78 is 0. The zero-order valence-corrected chi connectivity index (χ0v) is 14.4. The molecule has 21 heavy (non-hydrogen) atoms. The fourth-order valence-corrected chi connectivity index (χ4v) is 6.38. The number of rotatable bonds is 3. The van der Waals surface area contributed by atoms with E-state index >= 15 is 0 Å². The number of hydrogen-bond donors (Lipinski definition) is 2. The Hall–Kier alpha value is -0.570. The highest BCUT2D eigenvalue weighted by molar-refractivity contribution is 5.78. The van der Waals surface area contributed by atoms with E-state index in [1.807, 2.05) is 20.8 Å². The lowest BCUT2D eigenvalue weighted by Gasteiger charge is -2.65.